The Kier molecular flexibility index (Phi) is 4.56. The number of carbonyl (C=O) groups excluding carboxylic acids is 1. The van der Waals surface area contributed by atoms with Crippen molar-refractivity contribution in [1.29, 1.82) is 0 Å². The standard InChI is InChI=1S/C18H18N4O2/c1-3-24-16-11-9-14(10-12-16)19-18(23)17-13(2)22(21-20-17)15-7-5-4-6-8-15/h4-12H,3H2,1-2H3,(H,19,23). The number of para-hydroxylation sites is 1. The summed E-state index contributed by atoms with van der Waals surface area (Å²) >= 11 is 0. The van der Waals surface area contributed by atoms with Crippen LogP contribution in [-0.4, -0.2) is 27.5 Å². The molecule has 0 aliphatic rings. The van der Waals surface area contributed by atoms with E-state index in [1.54, 1.807) is 16.8 Å². The topological polar surface area (TPSA) is 69.0 Å². The third-order valence-electron chi connectivity index (χ3n) is 3.53. The zero-order valence-corrected chi connectivity index (χ0v) is 13.6. The number of nitrogens with zero attached hydrogens (tertiary/aromatic N) is 3. The van der Waals surface area contributed by atoms with Gasteiger partial charge in [0.1, 0.15) is 5.75 Å². The zero-order chi connectivity index (χ0) is 16.9. The smallest absolute Gasteiger partial charge is 0.278 e. The second kappa shape index (κ2) is 6.95. The number of rotatable bonds is 5. The lowest BCUT2D eigenvalue weighted by Gasteiger charge is -2.06. The van der Waals surface area contributed by atoms with Crippen LogP contribution in [0.25, 0.3) is 5.69 Å². The largest absolute Gasteiger partial charge is 0.494 e. The average Bonchev–Trinajstić information content (AvgIpc) is 2.99. The van der Waals surface area contributed by atoms with Gasteiger partial charge in [0.2, 0.25) is 0 Å². The second-order valence-electron chi connectivity index (χ2n) is 5.18. The summed E-state index contributed by atoms with van der Waals surface area (Å²) in [6.45, 7) is 4.35. The quantitative estimate of drug-likeness (QED) is 0.783. The number of ether oxygens (including phenoxy) is 1. The predicted molar refractivity (Wildman–Crippen MR) is 91.7 cm³/mol. The fourth-order valence-electron chi connectivity index (χ4n) is 2.34. The maximum Gasteiger partial charge on any atom is 0.278 e. The molecule has 0 fully saturated rings. The maximum atomic E-state index is 12.4. The summed E-state index contributed by atoms with van der Waals surface area (Å²) in [7, 11) is 0. The lowest BCUT2D eigenvalue weighted by molar-refractivity contribution is 0.102. The molecule has 6 heteroatoms. The van der Waals surface area contributed by atoms with Crippen LogP contribution in [0.3, 0.4) is 0 Å². The van der Waals surface area contributed by atoms with E-state index in [-0.39, 0.29) is 5.91 Å². The highest BCUT2D eigenvalue weighted by Gasteiger charge is 2.17. The third-order valence-corrected chi connectivity index (χ3v) is 3.53. The fraction of sp³-hybridized carbons (Fsp3) is 0.167. The van der Waals surface area contributed by atoms with Gasteiger partial charge in [0, 0.05) is 5.69 Å². The molecule has 6 nitrogen and oxygen atoms in total. The second-order valence-corrected chi connectivity index (χ2v) is 5.18. The molecule has 0 spiro atoms. The molecule has 0 saturated heterocycles. The van der Waals surface area contributed by atoms with Crippen LogP contribution >= 0.6 is 0 Å². The Morgan fingerprint density at radius 3 is 2.50 bits per heavy atom. The summed E-state index contributed by atoms with van der Waals surface area (Å²) in [4.78, 5) is 12.4. The molecule has 3 rings (SSSR count). The number of hydrogen-bond donors (Lipinski definition) is 1. The molecule has 1 aromatic heterocycles. The molecule has 0 atom stereocenters. The molecule has 1 heterocycles. The number of amides is 1. The van der Waals surface area contributed by atoms with Gasteiger partial charge in [0.15, 0.2) is 5.69 Å². The van der Waals surface area contributed by atoms with Crippen LogP contribution in [0.5, 0.6) is 5.75 Å². The molecule has 0 aliphatic carbocycles. The average molecular weight is 322 g/mol. The van der Waals surface area contributed by atoms with E-state index in [1.165, 1.54) is 0 Å². The summed E-state index contributed by atoms with van der Waals surface area (Å²) < 4.78 is 7.03. The summed E-state index contributed by atoms with van der Waals surface area (Å²) in [5.41, 5.74) is 2.53. The Bertz CT molecular complexity index is 826. The summed E-state index contributed by atoms with van der Waals surface area (Å²) in [5.74, 6) is 0.473. The molecule has 0 radical (unpaired) electrons. The van der Waals surface area contributed by atoms with Crippen molar-refractivity contribution >= 4 is 11.6 Å². The van der Waals surface area contributed by atoms with Crippen molar-refractivity contribution in [3.05, 3.63) is 66.0 Å². The van der Waals surface area contributed by atoms with E-state index in [9.17, 15) is 4.79 Å². The van der Waals surface area contributed by atoms with Crippen molar-refractivity contribution in [2.75, 3.05) is 11.9 Å². The number of hydrogen-bond acceptors (Lipinski definition) is 4. The van der Waals surface area contributed by atoms with Gasteiger partial charge in [0.25, 0.3) is 5.91 Å². The van der Waals surface area contributed by atoms with Crippen LogP contribution in [-0.2, 0) is 0 Å². The van der Waals surface area contributed by atoms with Gasteiger partial charge >= 0.3 is 0 Å². The van der Waals surface area contributed by atoms with E-state index in [1.807, 2.05) is 56.3 Å². The lowest BCUT2D eigenvalue weighted by atomic mass is 10.2. The number of nitrogens with one attached hydrogen (secondary N) is 1. The molecule has 1 N–H and O–H groups in total. The van der Waals surface area contributed by atoms with E-state index >= 15 is 0 Å². The minimum absolute atomic E-state index is 0.293. The lowest BCUT2D eigenvalue weighted by Crippen LogP contribution is -2.14. The molecule has 1 amide bonds. The third kappa shape index (κ3) is 3.27. The Labute approximate surface area is 140 Å². The van der Waals surface area contributed by atoms with Gasteiger partial charge in [-0.2, -0.15) is 0 Å². The van der Waals surface area contributed by atoms with Gasteiger partial charge in [-0.15, -0.1) is 5.10 Å². The minimum atomic E-state index is -0.293. The molecule has 3 aromatic rings. The number of anilines is 1. The van der Waals surface area contributed by atoms with Crippen molar-refractivity contribution in [2.24, 2.45) is 0 Å². The predicted octanol–water partition coefficient (Wildman–Crippen LogP) is 3.23. The van der Waals surface area contributed by atoms with Crippen LogP contribution in [0.4, 0.5) is 5.69 Å². The molecule has 2 aromatic carbocycles. The monoisotopic (exact) mass is 322 g/mol. The zero-order valence-electron chi connectivity index (χ0n) is 13.6. The summed E-state index contributed by atoms with van der Waals surface area (Å²) in [6.07, 6.45) is 0. The van der Waals surface area contributed by atoms with Gasteiger partial charge in [-0.25, -0.2) is 4.68 Å². The van der Waals surface area contributed by atoms with Crippen molar-refractivity contribution in [2.45, 2.75) is 13.8 Å². The van der Waals surface area contributed by atoms with Crippen LogP contribution in [0.15, 0.2) is 54.6 Å². The number of aromatic nitrogens is 3. The molecule has 122 valence electrons. The molecule has 0 saturated carbocycles. The van der Waals surface area contributed by atoms with Crippen molar-refractivity contribution in [1.82, 2.24) is 15.0 Å². The summed E-state index contributed by atoms with van der Waals surface area (Å²) in [5, 5.41) is 10.9. The Balaban J connectivity index is 1.77. The van der Waals surface area contributed by atoms with Crippen molar-refractivity contribution < 1.29 is 9.53 Å². The Morgan fingerprint density at radius 1 is 1.12 bits per heavy atom. The Morgan fingerprint density at radius 2 is 1.83 bits per heavy atom. The highest BCUT2D eigenvalue weighted by atomic mass is 16.5. The van der Waals surface area contributed by atoms with Gasteiger partial charge in [0.05, 0.1) is 18.0 Å². The molecule has 0 unspecified atom stereocenters. The highest BCUT2D eigenvalue weighted by Crippen LogP contribution is 2.17. The van der Waals surface area contributed by atoms with Gasteiger partial charge in [-0.3, -0.25) is 4.79 Å². The highest BCUT2D eigenvalue weighted by molar-refractivity contribution is 6.03. The van der Waals surface area contributed by atoms with Crippen LogP contribution in [0, 0.1) is 6.92 Å². The van der Waals surface area contributed by atoms with E-state index in [0.29, 0.717) is 23.7 Å². The molecule has 0 aliphatic heterocycles. The van der Waals surface area contributed by atoms with Crippen molar-refractivity contribution in [3.8, 4) is 11.4 Å². The normalized spacial score (nSPS) is 10.4. The maximum absolute atomic E-state index is 12.4. The molecular weight excluding hydrogens is 304 g/mol. The van der Waals surface area contributed by atoms with Crippen molar-refractivity contribution in [3.63, 3.8) is 0 Å². The van der Waals surface area contributed by atoms with E-state index < -0.39 is 0 Å². The van der Waals surface area contributed by atoms with Gasteiger partial charge < -0.3 is 10.1 Å². The number of carbonyl (C=O) groups is 1. The molecular formula is C18H18N4O2. The van der Waals surface area contributed by atoms with E-state index in [4.69, 9.17) is 4.74 Å². The van der Waals surface area contributed by atoms with E-state index in [0.717, 1.165) is 11.4 Å². The first kappa shape index (κ1) is 15.7. The first-order valence-electron chi connectivity index (χ1n) is 7.71. The van der Waals surface area contributed by atoms with Gasteiger partial charge in [-0.1, -0.05) is 23.4 Å². The SMILES string of the molecule is CCOc1ccc(NC(=O)c2nnn(-c3ccccc3)c2C)cc1. The van der Waals surface area contributed by atoms with Crippen LogP contribution in [0.2, 0.25) is 0 Å². The van der Waals surface area contributed by atoms with Crippen LogP contribution < -0.4 is 10.1 Å². The molecule has 0 bridgehead atoms. The number of benzene rings is 2. The summed E-state index contributed by atoms with van der Waals surface area (Å²) in [6, 6.07) is 16.8. The van der Waals surface area contributed by atoms with E-state index in [2.05, 4.69) is 15.6 Å². The van der Waals surface area contributed by atoms with Crippen LogP contribution in [0.1, 0.15) is 23.1 Å². The minimum Gasteiger partial charge on any atom is -0.494 e. The first-order chi connectivity index (χ1) is 11.7. The van der Waals surface area contributed by atoms with Gasteiger partial charge in [-0.05, 0) is 50.2 Å². The fourth-order valence-corrected chi connectivity index (χ4v) is 2.34. The Hall–Kier alpha value is -3.15. The first-order valence-corrected chi connectivity index (χ1v) is 7.71. The molecule has 24 heavy (non-hydrogen) atoms.